The lowest BCUT2D eigenvalue weighted by atomic mass is 10.1. The van der Waals surface area contributed by atoms with Gasteiger partial charge in [-0.3, -0.25) is 4.99 Å². The Balaban J connectivity index is 0.00000208. The number of benzene rings is 1. The predicted molar refractivity (Wildman–Crippen MR) is 112 cm³/mol. The first-order valence-electron chi connectivity index (χ1n) is 9.01. The summed E-state index contributed by atoms with van der Waals surface area (Å²) < 4.78 is 0. The largest absolute Gasteiger partial charge is 0.356 e. The number of nitrogens with one attached hydrogen (secondary N) is 2. The Hall–Kier alpha value is -0.820. The van der Waals surface area contributed by atoms with Crippen molar-refractivity contribution in [3.8, 4) is 0 Å². The predicted octanol–water partition coefficient (Wildman–Crippen LogP) is 2.95. The fraction of sp³-hybridized carbons (Fsp3) is 0.632. The maximum atomic E-state index is 4.37. The van der Waals surface area contributed by atoms with E-state index in [2.05, 4.69) is 51.7 Å². The zero-order valence-corrected chi connectivity index (χ0v) is 17.3. The van der Waals surface area contributed by atoms with E-state index in [1.165, 1.54) is 49.9 Å². The van der Waals surface area contributed by atoms with Gasteiger partial charge in [-0.25, -0.2) is 0 Å². The normalized spacial score (nSPS) is 19.7. The summed E-state index contributed by atoms with van der Waals surface area (Å²) in [6.07, 6.45) is 6.33. The van der Waals surface area contributed by atoms with Crippen molar-refractivity contribution in [2.45, 2.75) is 51.1 Å². The Labute approximate surface area is 163 Å². The summed E-state index contributed by atoms with van der Waals surface area (Å²) >= 11 is 0. The van der Waals surface area contributed by atoms with Crippen LogP contribution in [0.2, 0.25) is 0 Å². The van der Waals surface area contributed by atoms with Gasteiger partial charge in [-0.2, -0.15) is 0 Å². The summed E-state index contributed by atoms with van der Waals surface area (Å²) in [5.74, 6) is 0.946. The van der Waals surface area contributed by atoms with Crippen LogP contribution in [0.25, 0.3) is 0 Å². The fourth-order valence-corrected chi connectivity index (χ4v) is 3.32. The number of halogens is 1. The van der Waals surface area contributed by atoms with Crippen LogP contribution in [0.5, 0.6) is 0 Å². The number of hydrogen-bond acceptors (Lipinski definition) is 2. The highest BCUT2D eigenvalue weighted by molar-refractivity contribution is 14.0. The van der Waals surface area contributed by atoms with Crippen molar-refractivity contribution in [2.24, 2.45) is 4.99 Å². The maximum Gasteiger partial charge on any atom is 0.191 e. The van der Waals surface area contributed by atoms with Crippen LogP contribution in [-0.2, 0) is 6.42 Å². The molecular formula is C19H31IN4. The minimum absolute atomic E-state index is 0. The van der Waals surface area contributed by atoms with Crippen LogP contribution in [0.15, 0.2) is 29.3 Å². The third kappa shape index (κ3) is 5.92. The van der Waals surface area contributed by atoms with Crippen molar-refractivity contribution >= 4 is 29.9 Å². The summed E-state index contributed by atoms with van der Waals surface area (Å²) in [5.41, 5.74) is 2.69. The highest BCUT2D eigenvalue weighted by Crippen LogP contribution is 2.29. The van der Waals surface area contributed by atoms with E-state index in [1.54, 1.807) is 0 Å². The molecular weight excluding hydrogens is 411 g/mol. The Bertz CT molecular complexity index is 517. The van der Waals surface area contributed by atoms with Gasteiger partial charge in [0.15, 0.2) is 5.96 Å². The molecule has 0 atom stereocenters. The highest BCUT2D eigenvalue weighted by atomic mass is 127. The molecule has 24 heavy (non-hydrogen) atoms. The lowest BCUT2D eigenvalue weighted by Gasteiger charge is -2.33. The van der Waals surface area contributed by atoms with Crippen LogP contribution in [0.1, 0.15) is 36.8 Å². The topological polar surface area (TPSA) is 39.7 Å². The zero-order chi connectivity index (χ0) is 16.1. The van der Waals surface area contributed by atoms with Gasteiger partial charge in [-0.1, -0.05) is 29.8 Å². The van der Waals surface area contributed by atoms with E-state index in [-0.39, 0.29) is 24.0 Å². The van der Waals surface area contributed by atoms with Gasteiger partial charge in [0.1, 0.15) is 0 Å². The molecule has 1 saturated carbocycles. The Morgan fingerprint density at radius 2 is 1.79 bits per heavy atom. The number of hydrogen-bond donors (Lipinski definition) is 2. The first-order chi connectivity index (χ1) is 11.2. The van der Waals surface area contributed by atoms with Gasteiger partial charge in [0.25, 0.3) is 0 Å². The minimum atomic E-state index is 0. The number of nitrogens with zero attached hydrogens (tertiary/aromatic N) is 2. The van der Waals surface area contributed by atoms with Gasteiger partial charge in [0.2, 0.25) is 0 Å². The molecule has 2 aliphatic rings. The molecule has 1 aromatic rings. The van der Waals surface area contributed by atoms with E-state index in [1.807, 2.05) is 7.05 Å². The van der Waals surface area contributed by atoms with Gasteiger partial charge < -0.3 is 15.5 Å². The van der Waals surface area contributed by atoms with Crippen molar-refractivity contribution in [3.05, 3.63) is 35.4 Å². The lowest BCUT2D eigenvalue weighted by Crippen LogP contribution is -2.49. The Morgan fingerprint density at radius 3 is 2.38 bits per heavy atom. The molecule has 0 radical (unpaired) electrons. The second-order valence-electron chi connectivity index (χ2n) is 6.92. The van der Waals surface area contributed by atoms with Crippen LogP contribution >= 0.6 is 24.0 Å². The SMILES string of the molecule is CN=C(NCCc1ccc(C)cc1)NC1CCN(C2CC2)CC1.I. The molecule has 0 spiro atoms. The number of guanidine groups is 1. The van der Waals surface area contributed by atoms with Crippen molar-refractivity contribution in [2.75, 3.05) is 26.7 Å². The first-order valence-corrected chi connectivity index (χ1v) is 9.01. The molecule has 2 N–H and O–H groups in total. The van der Waals surface area contributed by atoms with Crippen molar-refractivity contribution in [1.82, 2.24) is 15.5 Å². The summed E-state index contributed by atoms with van der Waals surface area (Å²) in [5, 5.41) is 7.04. The smallest absolute Gasteiger partial charge is 0.191 e. The molecule has 1 aliphatic carbocycles. The third-order valence-corrected chi connectivity index (χ3v) is 4.98. The molecule has 5 heteroatoms. The van der Waals surface area contributed by atoms with Gasteiger partial charge in [-0.15, -0.1) is 24.0 Å². The Morgan fingerprint density at radius 1 is 1.12 bits per heavy atom. The van der Waals surface area contributed by atoms with E-state index >= 15 is 0 Å². The quantitative estimate of drug-likeness (QED) is 0.419. The van der Waals surface area contributed by atoms with E-state index in [9.17, 15) is 0 Å². The highest BCUT2D eigenvalue weighted by Gasteiger charge is 2.31. The molecule has 4 nitrogen and oxygen atoms in total. The van der Waals surface area contributed by atoms with Crippen LogP contribution in [0.4, 0.5) is 0 Å². The van der Waals surface area contributed by atoms with Crippen LogP contribution in [0, 0.1) is 6.92 Å². The van der Waals surface area contributed by atoms with E-state index in [0.29, 0.717) is 6.04 Å². The van der Waals surface area contributed by atoms with Crippen LogP contribution < -0.4 is 10.6 Å². The van der Waals surface area contributed by atoms with Crippen molar-refractivity contribution in [1.29, 1.82) is 0 Å². The zero-order valence-electron chi connectivity index (χ0n) is 14.9. The van der Waals surface area contributed by atoms with E-state index in [4.69, 9.17) is 0 Å². The van der Waals surface area contributed by atoms with Crippen molar-refractivity contribution in [3.63, 3.8) is 0 Å². The van der Waals surface area contributed by atoms with Gasteiger partial charge in [0, 0.05) is 38.8 Å². The van der Waals surface area contributed by atoms with Crippen molar-refractivity contribution < 1.29 is 0 Å². The molecule has 1 aliphatic heterocycles. The van der Waals surface area contributed by atoms with Crippen LogP contribution in [0.3, 0.4) is 0 Å². The monoisotopic (exact) mass is 442 g/mol. The number of aliphatic imine (C=N–C) groups is 1. The summed E-state index contributed by atoms with van der Waals surface area (Å²) in [6, 6.07) is 10.2. The molecule has 3 rings (SSSR count). The molecule has 2 fully saturated rings. The second kappa shape index (κ2) is 9.61. The first kappa shape index (κ1) is 19.5. The molecule has 0 unspecified atom stereocenters. The van der Waals surface area contributed by atoms with E-state index in [0.717, 1.165) is 25.0 Å². The average molecular weight is 442 g/mol. The van der Waals surface area contributed by atoms with Gasteiger partial charge >= 0.3 is 0 Å². The maximum absolute atomic E-state index is 4.37. The molecule has 0 amide bonds. The molecule has 1 heterocycles. The second-order valence-corrected chi connectivity index (χ2v) is 6.92. The summed E-state index contributed by atoms with van der Waals surface area (Å²) in [4.78, 5) is 7.03. The summed E-state index contributed by atoms with van der Waals surface area (Å²) in [6.45, 7) is 5.53. The van der Waals surface area contributed by atoms with E-state index < -0.39 is 0 Å². The van der Waals surface area contributed by atoms with Gasteiger partial charge in [0.05, 0.1) is 0 Å². The number of likely N-dealkylation sites (tertiary alicyclic amines) is 1. The summed E-state index contributed by atoms with van der Waals surface area (Å²) in [7, 11) is 1.86. The third-order valence-electron chi connectivity index (χ3n) is 4.98. The molecule has 1 saturated heterocycles. The van der Waals surface area contributed by atoms with Gasteiger partial charge in [-0.05, 0) is 44.6 Å². The lowest BCUT2D eigenvalue weighted by molar-refractivity contribution is 0.197. The molecule has 1 aromatic carbocycles. The van der Waals surface area contributed by atoms with Crippen LogP contribution in [-0.4, -0.2) is 49.6 Å². The number of piperidine rings is 1. The minimum Gasteiger partial charge on any atom is -0.356 e. The number of aryl methyl sites for hydroxylation is 1. The number of rotatable bonds is 5. The molecule has 0 aromatic heterocycles. The molecule has 134 valence electrons. The Kier molecular flexibility index (Phi) is 7.81. The standard InChI is InChI=1S/C19H30N4.HI/c1-15-3-5-16(6-4-15)9-12-21-19(20-2)22-17-10-13-23(14-11-17)18-7-8-18;/h3-6,17-18H,7-14H2,1-2H3,(H2,20,21,22);1H. The molecule has 0 bridgehead atoms. The fourth-order valence-electron chi connectivity index (χ4n) is 3.32. The average Bonchev–Trinajstić information content (AvgIpc) is 3.41.